The fourth-order valence-electron chi connectivity index (χ4n) is 2.74. The monoisotopic (exact) mass is 301 g/mol. The van der Waals surface area contributed by atoms with Crippen LogP contribution in [0.4, 0.5) is 0 Å². The molecule has 0 spiro atoms. The predicted octanol–water partition coefficient (Wildman–Crippen LogP) is 3.59. The summed E-state index contributed by atoms with van der Waals surface area (Å²) in [5, 5.41) is 0. The van der Waals surface area contributed by atoms with Gasteiger partial charge in [0.25, 0.3) is 0 Å². The summed E-state index contributed by atoms with van der Waals surface area (Å²) in [5.74, 6) is 0. The first-order chi connectivity index (χ1) is 8.17. The molecule has 1 aliphatic heterocycles. The Morgan fingerprint density at radius 3 is 1.37 bits per heavy atom. The van der Waals surface area contributed by atoms with Crippen LogP contribution in [0.3, 0.4) is 0 Å². The Kier molecular flexibility index (Phi) is 4.57. The van der Waals surface area contributed by atoms with Crippen LogP contribution in [0.2, 0.25) is 39.3 Å². The predicted molar refractivity (Wildman–Crippen MR) is 89.5 cm³/mol. The number of hydrogen-bond acceptors (Lipinski definition) is 3. The van der Waals surface area contributed by atoms with Crippen molar-refractivity contribution in [3.8, 4) is 0 Å². The molecule has 1 rings (SSSR count). The van der Waals surface area contributed by atoms with Crippen molar-refractivity contribution in [3.63, 3.8) is 0 Å². The molecule has 0 bridgehead atoms. The minimum atomic E-state index is -1.35. The van der Waals surface area contributed by atoms with Gasteiger partial charge in [0.15, 0.2) is 0 Å². The van der Waals surface area contributed by atoms with E-state index in [9.17, 15) is 0 Å². The van der Waals surface area contributed by atoms with Crippen LogP contribution < -0.4 is 0 Å². The highest BCUT2D eigenvalue weighted by molar-refractivity contribution is 6.90. The summed E-state index contributed by atoms with van der Waals surface area (Å²) in [4.78, 5) is 0. The summed E-state index contributed by atoms with van der Waals surface area (Å²) in [6.45, 7) is 23.0. The van der Waals surface area contributed by atoms with Crippen LogP contribution in [0.1, 0.15) is 27.7 Å². The molecule has 0 aromatic carbocycles. The van der Waals surface area contributed by atoms with Crippen molar-refractivity contribution in [1.29, 1.82) is 0 Å². The summed E-state index contributed by atoms with van der Waals surface area (Å²) in [5.41, 5.74) is -0.440. The number of hydrogen-bond donors (Lipinski definition) is 0. The van der Waals surface area contributed by atoms with Crippen molar-refractivity contribution in [2.24, 2.45) is 0 Å². The van der Waals surface area contributed by atoms with Crippen molar-refractivity contribution in [2.75, 3.05) is 6.44 Å². The molecule has 0 aliphatic carbocycles. The Hall–Kier alpha value is 0.379. The van der Waals surface area contributed by atoms with E-state index in [4.69, 9.17) is 9.31 Å². The van der Waals surface area contributed by atoms with Gasteiger partial charge in [0.2, 0.25) is 0 Å². The molecular weight excluding hydrogens is 269 g/mol. The van der Waals surface area contributed by atoms with Crippen LogP contribution in [0.25, 0.3) is 0 Å². The lowest BCUT2D eigenvalue weighted by molar-refractivity contribution is 0.00578. The van der Waals surface area contributed by atoms with E-state index in [-0.39, 0.29) is 18.3 Å². The van der Waals surface area contributed by atoms with E-state index < -0.39 is 16.5 Å². The molecular formula is C13H32BNO2Si2. The van der Waals surface area contributed by atoms with Gasteiger partial charge in [-0.15, -0.1) is 0 Å². The highest BCUT2D eigenvalue weighted by Gasteiger charge is 2.52. The first-order valence-corrected chi connectivity index (χ1v) is 14.2. The minimum Gasteiger partial charge on any atom is -0.402 e. The van der Waals surface area contributed by atoms with Gasteiger partial charge in [-0.1, -0.05) is 39.3 Å². The second-order valence-electron chi connectivity index (χ2n) is 8.64. The van der Waals surface area contributed by atoms with Gasteiger partial charge in [0, 0.05) is 6.44 Å². The zero-order valence-electron chi connectivity index (χ0n) is 14.5. The first kappa shape index (κ1) is 17.4. The molecule has 0 atom stereocenters. The topological polar surface area (TPSA) is 21.7 Å². The second-order valence-corrected chi connectivity index (χ2v) is 18.8. The fraction of sp³-hybridized carbons (Fsp3) is 1.00. The van der Waals surface area contributed by atoms with Gasteiger partial charge in [-0.3, -0.25) is 0 Å². The molecule has 0 N–H and O–H groups in total. The normalized spacial score (nSPS) is 23.2. The van der Waals surface area contributed by atoms with Crippen molar-refractivity contribution in [1.82, 2.24) is 4.23 Å². The standard InChI is InChI=1S/C13H32BNO2Si2/c1-12(2)13(3,4)17-14(16-12)11-15(18(5,6)7)19(8,9)10/h11H2,1-10H3. The van der Waals surface area contributed by atoms with Crippen LogP contribution in [0.5, 0.6) is 0 Å². The minimum absolute atomic E-state index is 0.0940. The molecule has 0 aromatic heterocycles. The largest absolute Gasteiger partial charge is 0.471 e. The van der Waals surface area contributed by atoms with Crippen LogP contribution >= 0.6 is 0 Å². The van der Waals surface area contributed by atoms with Crippen molar-refractivity contribution in [2.45, 2.75) is 78.2 Å². The lowest BCUT2D eigenvalue weighted by atomic mass is 9.90. The smallest absolute Gasteiger partial charge is 0.402 e. The highest BCUT2D eigenvalue weighted by Crippen LogP contribution is 2.37. The molecule has 0 aromatic rings. The molecule has 0 radical (unpaired) electrons. The van der Waals surface area contributed by atoms with Crippen molar-refractivity contribution in [3.05, 3.63) is 0 Å². The van der Waals surface area contributed by atoms with Crippen LogP contribution in [-0.2, 0) is 9.31 Å². The molecule has 3 nitrogen and oxygen atoms in total. The summed E-state index contributed by atoms with van der Waals surface area (Å²) in [6, 6.07) is 0. The molecule has 112 valence electrons. The Labute approximate surface area is 122 Å². The SMILES string of the molecule is CC1(C)OB(CN([Si](C)(C)C)[Si](C)(C)C)OC1(C)C. The van der Waals surface area contributed by atoms with Crippen molar-refractivity contribution < 1.29 is 9.31 Å². The van der Waals surface area contributed by atoms with E-state index in [2.05, 4.69) is 71.2 Å². The van der Waals surface area contributed by atoms with Crippen molar-refractivity contribution >= 4 is 23.6 Å². The molecule has 19 heavy (non-hydrogen) atoms. The second kappa shape index (κ2) is 4.98. The zero-order chi connectivity index (χ0) is 15.3. The Balaban J connectivity index is 2.85. The maximum atomic E-state index is 6.17. The fourth-order valence-corrected chi connectivity index (χ4v) is 12.2. The van der Waals surface area contributed by atoms with Crippen LogP contribution in [-0.4, -0.2) is 45.5 Å². The van der Waals surface area contributed by atoms with E-state index in [1.807, 2.05) is 0 Å². The summed E-state index contributed by atoms with van der Waals surface area (Å²) < 4.78 is 15.1. The molecule has 1 aliphatic rings. The average molecular weight is 301 g/mol. The third kappa shape index (κ3) is 3.94. The average Bonchev–Trinajstić information content (AvgIpc) is 2.27. The third-order valence-electron chi connectivity index (χ3n) is 4.25. The number of nitrogens with zero attached hydrogens (tertiary/aromatic N) is 1. The lowest BCUT2D eigenvalue weighted by Crippen LogP contribution is -2.62. The van der Waals surface area contributed by atoms with Gasteiger partial charge >= 0.3 is 7.12 Å². The molecule has 0 saturated carbocycles. The summed E-state index contributed by atoms with van der Waals surface area (Å²) in [7, 11) is -2.79. The summed E-state index contributed by atoms with van der Waals surface area (Å²) in [6.07, 6.45) is 0.915. The highest BCUT2D eigenvalue weighted by atomic mass is 28.4. The maximum Gasteiger partial charge on any atom is 0.471 e. The van der Waals surface area contributed by atoms with Crippen LogP contribution in [0, 0.1) is 0 Å². The van der Waals surface area contributed by atoms with E-state index in [0.29, 0.717) is 0 Å². The quantitative estimate of drug-likeness (QED) is 0.741. The molecule has 1 fully saturated rings. The third-order valence-corrected chi connectivity index (χ3v) is 11.9. The Morgan fingerprint density at radius 1 is 0.789 bits per heavy atom. The van der Waals surface area contributed by atoms with Gasteiger partial charge in [-0.25, -0.2) is 0 Å². The van der Waals surface area contributed by atoms with E-state index >= 15 is 0 Å². The summed E-state index contributed by atoms with van der Waals surface area (Å²) >= 11 is 0. The van der Waals surface area contributed by atoms with Gasteiger partial charge in [-0.2, -0.15) is 0 Å². The lowest BCUT2D eigenvalue weighted by Gasteiger charge is -2.43. The van der Waals surface area contributed by atoms with E-state index in [0.717, 1.165) is 6.44 Å². The molecule has 0 unspecified atom stereocenters. The first-order valence-electron chi connectivity index (χ1n) is 7.30. The zero-order valence-corrected chi connectivity index (χ0v) is 16.5. The molecule has 1 saturated heterocycles. The van der Waals surface area contributed by atoms with E-state index in [1.54, 1.807) is 0 Å². The van der Waals surface area contributed by atoms with Gasteiger partial charge in [-0.05, 0) is 27.7 Å². The maximum absolute atomic E-state index is 6.17. The van der Waals surface area contributed by atoms with Gasteiger partial charge < -0.3 is 13.5 Å². The van der Waals surface area contributed by atoms with E-state index in [1.165, 1.54) is 0 Å². The number of rotatable bonds is 4. The Bertz CT molecular complexity index is 305. The van der Waals surface area contributed by atoms with Crippen LogP contribution in [0.15, 0.2) is 0 Å². The molecule has 1 heterocycles. The molecule has 6 heteroatoms. The van der Waals surface area contributed by atoms with Gasteiger partial charge in [0.1, 0.15) is 16.5 Å². The Morgan fingerprint density at radius 2 is 1.11 bits per heavy atom. The molecule has 0 amide bonds. The van der Waals surface area contributed by atoms with Gasteiger partial charge in [0.05, 0.1) is 11.2 Å².